The van der Waals surface area contributed by atoms with Gasteiger partial charge in [-0.15, -0.1) is 0 Å². The highest BCUT2D eigenvalue weighted by molar-refractivity contribution is 6.21. The maximum atomic E-state index is 13.1. The third kappa shape index (κ3) is 4.14. The number of carbonyl (C=O) groups is 3. The molecule has 0 radical (unpaired) electrons. The minimum absolute atomic E-state index is 0.0201. The highest BCUT2D eigenvalue weighted by atomic mass is 16.5. The van der Waals surface area contributed by atoms with Gasteiger partial charge in [-0.25, -0.2) is 4.79 Å². The highest BCUT2D eigenvalue weighted by Crippen LogP contribution is 2.29. The number of aryl methyl sites for hydroxylation is 2. The number of benzene rings is 1. The van der Waals surface area contributed by atoms with Crippen LogP contribution in [0, 0.1) is 31.1 Å². The lowest BCUT2D eigenvalue weighted by Crippen LogP contribution is -2.25. The van der Waals surface area contributed by atoms with Gasteiger partial charge in [-0.05, 0) is 32.9 Å². The molecule has 2 aromatic rings. The number of aromatic amines is 1. The molecule has 0 aliphatic rings. The van der Waals surface area contributed by atoms with Crippen molar-refractivity contribution >= 4 is 17.5 Å². The topological polar surface area (TPSA) is 118 Å². The summed E-state index contributed by atoms with van der Waals surface area (Å²) in [6.45, 7) is 4.98. The largest absolute Gasteiger partial charge is 0.497 e. The van der Waals surface area contributed by atoms with Crippen LogP contribution in [0.5, 0.6) is 11.5 Å². The van der Waals surface area contributed by atoms with Crippen LogP contribution in [0.2, 0.25) is 0 Å². The first-order chi connectivity index (χ1) is 13.8. The van der Waals surface area contributed by atoms with E-state index in [-0.39, 0.29) is 29.0 Å². The van der Waals surface area contributed by atoms with E-state index in [0.29, 0.717) is 17.1 Å². The number of hydrogen-bond acceptors (Lipinski definition) is 7. The zero-order chi connectivity index (χ0) is 21.7. The summed E-state index contributed by atoms with van der Waals surface area (Å²) in [5.41, 5.74) is 0.883. The molecule has 0 bridgehead atoms. The Morgan fingerprint density at radius 3 is 2.28 bits per heavy atom. The van der Waals surface area contributed by atoms with Crippen LogP contribution < -0.4 is 9.47 Å². The maximum Gasteiger partial charge on any atom is 0.340 e. The Kier molecular flexibility index (Phi) is 6.78. The molecule has 1 N–H and O–H groups in total. The molecule has 0 fully saturated rings. The monoisotopic (exact) mass is 398 g/mol. The molecule has 1 atom stereocenters. The Morgan fingerprint density at radius 2 is 1.72 bits per heavy atom. The fourth-order valence-corrected chi connectivity index (χ4v) is 3.09. The summed E-state index contributed by atoms with van der Waals surface area (Å²) in [4.78, 5) is 41.4. The van der Waals surface area contributed by atoms with E-state index < -0.39 is 23.5 Å². The van der Waals surface area contributed by atoms with Gasteiger partial charge in [0.25, 0.3) is 0 Å². The van der Waals surface area contributed by atoms with Crippen LogP contribution in [0.25, 0.3) is 0 Å². The third-order valence-corrected chi connectivity index (χ3v) is 4.43. The second-order valence-electron chi connectivity index (χ2n) is 6.20. The van der Waals surface area contributed by atoms with E-state index in [0.717, 1.165) is 0 Å². The number of carbonyl (C=O) groups excluding carboxylic acids is 3. The van der Waals surface area contributed by atoms with Gasteiger partial charge < -0.3 is 19.2 Å². The quantitative estimate of drug-likeness (QED) is 0.412. The summed E-state index contributed by atoms with van der Waals surface area (Å²) in [7, 11) is 2.83. The number of methoxy groups -OCH3 is 2. The Balaban J connectivity index is 2.51. The Morgan fingerprint density at radius 1 is 1.07 bits per heavy atom. The number of nitrogens with one attached hydrogen (secondary N) is 1. The molecule has 8 nitrogen and oxygen atoms in total. The van der Waals surface area contributed by atoms with Crippen molar-refractivity contribution in [1.82, 2.24) is 4.98 Å². The average molecular weight is 398 g/mol. The highest BCUT2D eigenvalue weighted by Gasteiger charge is 2.35. The van der Waals surface area contributed by atoms with Crippen LogP contribution in [-0.2, 0) is 4.74 Å². The minimum Gasteiger partial charge on any atom is -0.497 e. The fraction of sp³-hybridized carbons (Fsp3) is 0.333. The number of hydrogen-bond donors (Lipinski definition) is 1. The van der Waals surface area contributed by atoms with Crippen LogP contribution in [0.15, 0.2) is 18.2 Å². The number of nitriles is 1. The molecule has 0 aliphatic carbocycles. The fourth-order valence-electron chi connectivity index (χ4n) is 3.09. The van der Waals surface area contributed by atoms with Gasteiger partial charge in [0.1, 0.15) is 11.5 Å². The molecule has 8 heteroatoms. The number of rotatable bonds is 8. The van der Waals surface area contributed by atoms with Crippen molar-refractivity contribution in [1.29, 1.82) is 5.26 Å². The molecule has 2 rings (SSSR count). The summed E-state index contributed by atoms with van der Waals surface area (Å²) >= 11 is 0. The Hall–Kier alpha value is -3.60. The van der Waals surface area contributed by atoms with Gasteiger partial charge in [0.15, 0.2) is 17.5 Å². The van der Waals surface area contributed by atoms with Crippen molar-refractivity contribution in [2.24, 2.45) is 5.92 Å². The minimum atomic E-state index is -1.65. The molecule has 1 aromatic heterocycles. The van der Waals surface area contributed by atoms with Crippen LogP contribution in [0.3, 0.4) is 0 Å². The normalized spacial score (nSPS) is 11.3. The van der Waals surface area contributed by atoms with Gasteiger partial charge >= 0.3 is 5.97 Å². The standard InChI is InChI=1S/C21H22N2O6/c1-6-29-21(26)18-12(3)23-11(2)17(18)20(25)15(10-22)19(24)14-8-7-13(27-4)9-16(14)28-5/h7-9,15,23H,6H2,1-5H3/t15-/m0/s1. The first-order valence-electron chi connectivity index (χ1n) is 8.86. The molecular formula is C21H22N2O6. The summed E-state index contributed by atoms with van der Waals surface area (Å²) in [5, 5.41) is 9.60. The summed E-state index contributed by atoms with van der Waals surface area (Å²) in [6, 6.07) is 6.21. The first kappa shape index (κ1) is 21.7. The van der Waals surface area contributed by atoms with E-state index in [1.807, 2.05) is 0 Å². The van der Waals surface area contributed by atoms with Crippen LogP contribution in [0.1, 0.15) is 49.4 Å². The number of Topliss-reactive ketones (excluding diaryl/α,β-unsaturated/α-hetero) is 2. The van der Waals surface area contributed by atoms with Crippen molar-refractivity contribution in [2.75, 3.05) is 20.8 Å². The number of H-pyrrole nitrogens is 1. The van der Waals surface area contributed by atoms with Crippen LogP contribution >= 0.6 is 0 Å². The lowest BCUT2D eigenvalue weighted by atomic mass is 9.89. The van der Waals surface area contributed by atoms with Gasteiger partial charge in [-0.1, -0.05) is 0 Å². The van der Waals surface area contributed by atoms with E-state index in [2.05, 4.69) is 4.98 Å². The number of esters is 1. The van der Waals surface area contributed by atoms with E-state index in [1.165, 1.54) is 32.4 Å². The van der Waals surface area contributed by atoms with Crippen molar-refractivity contribution < 1.29 is 28.6 Å². The van der Waals surface area contributed by atoms with Gasteiger partial charge in [0.2, 0.25) is 0 Å². The van der Waals surface area contributed by atoms with E-state index in [4.69, 9.17) is 14.2 Å². The average Bonchev–Trinajstić information content (AvgIpc) is 3.01. The zero-order valence-electron chi connectivity index (χ0n) is 16.9. The summed E-state index contributed by atoms with van der Waals surface area (Å²) < 4.78 is 15.3. The van der Waals surface area contributed by atoms with Crippen LogP contribution in [-0.4, -0.2) is 43.3 Å². The molecule has 0 aliphatic heterocycles. The molecule has 0 spiro atoms. The second kappa shape index (κ2) is 9.06. The summed E-state index contributed by atoms with van der Waals surface area (Å²) in [6.07, 6.45) is 0. The number of ketones is 2. The number of ether oxygens (including phenoxy) is 3. The molecule has 152 valence electrons. The zero-order valence-corrected chi connectivity index (χ0v) is 16.9. The Bertz CT molecular complexity index is 999. The lowest BCUT2D eigenvalue weighted by molar-refractivity contribution is 0.0521. The van der Waals surface area contributed by atoms with Crippen molar-refractivity contribution in [3.05, 3.63) is 46.3 Å². The van der Waals surface area contributed by atoms with E-state index in [9.17, 15) is 19.6 Å². The summed E-state index contributed by atoms with van der Waals surface area (Å²) in [5.74, 6) is -3.22. The molecular weight excluding hydrogens is 376 g/mol. The molecule has 0 saturated heterocycles. The van der Waals surface area contributed by atoms with Crippen molar-refractivity contribution in [3.63, 3.8) is 0 Å². The predicted molar refractivity (Wildman–Crippen MR) is 104 cm³/mol. The van der Waals surface area contributed by atoms with E-state index >= 15 is 0 Å². The van der Waals surface area contributed by atoms with Crippen LogP contribution in [0.4, 0.5) is 0 Å². The predicted octanol–water partition coefficient (Wildman–Crippen LogP) is 3.03. The van der Waals surface area contributed by atoms with Gasteiger partial charge in [0.05, 0.1) is 43.6 Å². The third-order valence-electron chi connectivity index (χ3n) is 4.43. The van der Waals surface area contributed by atoms with Crippen molar-refractivity contribution in [2.45, 2.75) is 20.8 Å². The second-order valence-corrected chi connectivity index (χ2v) is 6.20. The molecule has 1 heterocycles. The smallest absolute Gasteiger partial charge is 0.340 e. The van der Waals surface area contributed by atoms with Gasteiger partial charge in [-0.3, -0.25) is 9.59 Å². The number of nitrogens with zero attached hydrogens (tertiary/aromatic N) is 1. The van der Waals surface area contributed by atoms with Gasteiger partial charge in [-0.2, -0.15) is 5.26 Å². The SMILES string of the molecule is CCOC(=O)c1c(C)[nH]c(C)c1C(=O)[C@@H](C#N)C(=O)c1ccc(OC)cc1OC. The van der Waals surface area contributed by atoms with Crippen molar-refractivity contribution in [3.8, 4) is 17.6 Å². The molecule has 0 unspecified atom stereocenters. The maximum absolute atomic E-state index is 13.1. The molecule has 29 heavy (non-hydrogen) atoms. The number of aromatic nitrogens is 1. The molecule has 1 aromatic carbocycles. The molecule has 0 amide bonds. The first-order valence-corrected chi connectivity index (χ1v) is 8.86. The Labute approximate surface area is 168 Å². The van der Waals surface area contributed by atoms with Gasteiger partial charge in [0, 0.05) is 17.5 Å². The lowest BCUT2D eigenvalue weighted by Gasteiger charge is -2.13. The van der Waals surface area contributed by atoms with E-state index in [1.54, 1.807) is 26.8 Å². The molecule has 0 saturated carbocycles.